The van der Waals surface area contributed by atoms with Gasteiger partial charge in [-0.25, -0.2) is 0 Å². The van der Waals surface area contributed by atoms with E-state index in [2.05, 4.69) is 33.0 Å². The lowest BCUT2D eigenvalue weighted by Gasteiger charge is -2.27. The van der Waals surface area contributed by atoms with Gasteiger partial charge in [-0.15, -0.1) is 0 Å². The van der Waals surface area contributed by atoms with Crippen LogP contribution in [0.2, 0.25) is 0 Å². The minimum absolute atomic E-state index is 0.240. The van der Waals surface area contributed by atoms with Gasteiger partial charge >= 0.3 is 0 Å². The molecule has 3 N–H and O–H groups in total. The Morgan fingerprint density at radius 1 is 1.33 bits per heavy atom. The summed E-state index contributed by atoms with van der Waals surface area (Å²) in [5.74, 6) is 1.87. The number of rotatable bonds is 6. The molecule has 1 aliphatic carbocycles. The van der Waals surface area contributed by atoms with Crippen molar-refractivity contribution in [2.45, 2.75) is 53.0 Å². The fourth-order valence-electron chi connectivity index (χ4n) is 1.85. The Morgan fingerprint density at radius 3 is 2.40 bits per heavy atom. The SMILES string of the molecule is CC(CNCCC(N)C(C)(C)C)C1CC1. The van der Waals surface area contributed by atoms with Crippen molar-refractivity contribution in [1.82, 2.24) is 5.32 Å². The summed E-state index contributed by atoms with van der Waals surface area (Å²) in [4.78, 5) is 0. The first-order chi connectivity index (χ1) is 6.91. The normalized spacial score (nSPS) is 21.4. The summed E-state index contributed by atoms with van der Waals surface area (Å²) in [6.07, 6.45) is 3.98. The third-order valence-corrected chi connectivity index (χ3v) is 3.64. The molecule has 2 heteroatoms. The van der Waals surface area contributed by atoms with E-state index in [0.717, 1.165) is 24.8 Å². The van der Waals surface area contributed by atoms with E-state index >= 15 is 0 Å². The van der Waals surface area contributed by atoms with E-state index in [1.807, 2.05) is 0 Å². The van der Waals surface area contributed by atoms with E-state index in [-0.39, 0.29) is 5.41 Å². The Hall–Kier alpha value is -0.0800. The molecule has 1 saturated carbocycles. The Kier molecular flexibility index (Phi) is 4.60. The molecule has 0 bridgehead atoms. The highest BCUT2D eigenvalue weighted by atomic mass is 14.9. The molecule has 0 saturated heterocycles. The van der Waals surface area contributed by atoms with Crippen molar-refractivity contribution in [2.24, 2.45) is 23.0 Å². The molecule has 0 aromatic heterocycles. The van der Waals surface area contributed by atoms with Crippen molar-refractivity contribution in [1.29, 1.82) is 0 Å². The summed E-state index contributed by atoms with van der Waals surface area (Å²) in [5.41, 5.74) is 6.34. The Morgan fingerprint density at radius 2 is 1.93 bits per heavy atom. The average molecular weight is 212 g/mol. The maximum Gasteiger partial charge on any atom is 0.00997 e. The minimum atomic E-state index is 0.240. The molecule has 0 heterocycles. The summed E-state index contributed by atoms with van der Waals surface area (Å²) >= 11 is 0. The van der Waals surface area contributed by atoms with Gasteiger partial charge in [0, 0.05) is 6.04 Å². The Balaban J connectivity index is 2.00. The van der Waals surface area contributed by atoms with Crippen molar-refractivity contribution in [3.8, 4) is 0 Å². The van der Waals surface area contributed by atoms with Crippen molar-refractivity contribution < 1.29 is 0 Å². The molecule has 1 fully saturated rings. The summed E-state index contributed by atoms with van der Waals surface area (Å²) in [7, 11) is 0. The summed E-state index contributed by atoms with van der Waals surface area (Å²) in [6.45, 7) is 11.2. The van der Waals surface area contributed by atoms with Crippen LogP contribution in [0.25, 0.3) is 0 Å². The number of nitrogens with one attached hydrogen (secondary N) is 1. The molecule has 0 radical (unpaired) electrons. The van der Waals surface area contributed by atoms with Crippen LogP contribution >= 0.6 is 0 Å². The predicted molar refractivity (Wildman–Crippen MR) is 66.8 cm³/mol. The Bertz CT molecular complexity index is 179. The first-order valence-electron chi connectivity index (χ1n) is 6.37. The fourth-order valence-corrected chi connectivity index (χ4v) is 1.85. The van der Waals surface area contributed by atoms with Crippen LogP contribution in [0.3, 0.4) is 0 Å². The zero-order valence-electron chi connectivity index (χ0n) is 10.8. The average Bonchev–Trinajstić information content (AvgIpc) is 2.92. The van der Waals surface area contributed by atoms with Crippen LogP contribution in [0, 0.1) is 17.3 Å². The first kappa shape index (κ1) is 13.0. The van der Waals surface area contributed by atoms with Gasteiger partial charge in [0.1, 0.15) is 0 Å². The molecule has 15 heavy (non-hydrogen) atoms. The molecular formula is C13H28N2. The van der Waals surface area contributed by atoms with E-state index in [9.17, 15) is 0 Å². The van der Waals surface area contributed by atoms with Crippen molar-refractivity contribution in [3.63, 3.8) is 0 Å². The topological polar surface area (TPSA) is 38.0 Å². The van der Waals surface area contributed by atoms with Gasteiger partial charge < -0.3 is 11.1 Å². The first-order valence-corrected chi connectivity index (χ1v) is 6.37. The van der Waals surface area contributed by atoms with Crippen molar-refractivity contribution in [2.75, 3.05) is 13.1 Å². The molecule has 0 aromatic rings. The largest absolute Gasteiger partial charge is 0.327 e. The van der Waals surface area contributed by atoms with E-state index in [1.165, 1.54) is 19.4 Å². The second kappa shape index (κ2) is 5.31. The second-order valence-electron chi connectivity index (χ2n) is 6.28. The molecule has 2 unspecified atom stereocenters. The number of nitrogens with two attached hydrogens (primary N) is 1. The number of hydrogen-bond acceptors (Lipinski definition) is 2. The summed E-state index contributed by atoms with van der Waals surface area (Å²) in [6, 6.07) is 0.307. The molecular weight excluding hydrogens is 184 g/mol. The zero-order chi connectivity index (χ0) is 11.5. The third-order valence-electron chi connectivity index (χ3n) is 3.64. The molecule has 0 spiro atoms. The molecule has 0 amide bonds. The maximum atomic E-state index is 6.10. The van der Waals surface area contributed by atoms with Gasteiger partial charge in [0.15, 0.2) is 0 Å². The lowest BCUT2D eigenvalue weighted by atomic mass is 9.85. The predicted octanol–water partition coefficient (Wildman–Crippen LogP) is 2.39. The Labute approximate surface area is 95.0 Å². The molecule has 0 aliphatic heterocycles. The van der Waals surface area contributed by atoms with Gasteiger partial charge in [0.25, 0.3) is 0 Å². The van der Waals surface area contributed by atoms with Crippen LogP contribution < -0.4 is 11.1 Å². The van der Waals surface area contributed by atoms with E-state index in [0.29, 0.717) is 6.04 Å². The van der Waals surface area contributed by atoms with Crippen LogP contribution in [-0.4, -0.2) is 19.1 Å². The lowest BCUT2D eigenvalue weighted by molar-refractivity contribution is 0.300. The van der Waals surface area contributed by atoms with Gasteiger partial charge in [-0.1, -0.05) is 27.7 Å². The van der Waals surface area contributed by atoms with E-state index < -0.39 is 0 Å². The second-order valence-corrected chi connectivity index (χ2v) is 6.28. The maximum absolute atomic E-state index is 6.10. The molecule has 2 atom stereocenters. The molecule has 1 rings (SSSR count). The van der Waals surface area contributed by atoms with Gasteiger partial charge in [-0.2, -0.15) is 0 Å². The van der Waals surface area contributed by atoms with Crippen LogP contribution in [0.15, 0.2) is 0 Å². The smallest absolute Gasteiger partial charge is 0.00997 e. The highest BCUT2D eigenvalue weighted by Crippen LogP contribution is 2.36. The van der Waals surface area contributed by atoms with Crippen LogP contribution in [0.4, 0.5) is 0 Å². The van der Waals surface area contributed by atoms with Gasteiger partial charge in [0.2, 0.25) is 0 Å². The summed E-state index contributed by atoms with van der Waals surface area (Å²) in [5, 5.41) is 3.53. The van der Waals surface area contributed by atoms with Crippen molar-refractivity contribution >= 4 is 0 Å². The lowest BCUT2D eigenvalue weighted by Crippen LogP contribution is -2.38. The highest BCUT2D eigenvalue weighted by molar-refractivity contribution is 4.81. The molecule has 0 aromatic carbocycles. The number of hydrogen-bond donors (Lipinski definition) is 2. The zero-order valence-corrected chi connectivity index (χ0v) is 10.8. The minimum Gasteiger partial charge on any atom is -0.327 e. The van der Waals surface area contributed by atoms with Gasteiger partial charge in [-0.3, -0.25) is 0 Å². The van der Waals surface area contributed by atoms with Gasteiger partial charge in [0.05, 0.1) is 0 Å². The van der Waals surface area contributed by atoms with Crippen molar-refractivity contribution in [3.05, 3.63) is 0 Å². The fraction of sp³-hybridized carbons (Fsp3) is 1.00. The molecule has 90 valence electrons. The van der Waals surface area contributed by atoms with Crippen LogP contribution in [0.1, 0.15) is 47.0 Å². The van der Waals surface area contributed by atoms with Crippen LogP contribution in [-0.2, 0) is 0 Å². The highest BCUT2D eigenvalue weighted by Gasteiger charge is 2.27. The standard InChI is InChI=1S/C13H28N2/c1-10(11-5-6-11)9-15-8-7-12(14)13(2,3)4/h10-12,15H,5-9,14H2,1-4H3. The molecule has 1 aliphatic rings. The van der Waals surface area contributed by atoms with E-state index in [4.69, 9.17) is 5.73 Å². The summed E-state index contributed by atoms with van der Waals surface area (Å²) < 4.78 is 0. The molecule has 2 nitrogen and oxygen atoms in total. The third kappa shape index (κ3) is 4.98. The van der Waals surface area contributed by atoms with E-state index in [1.54, 1.807) is 0 Å². The monoisotopic (exact) mass is 212 g/mol. The van der Waals surface area contributed by atoms with Crippen LogP contribution in [0.5, 0.6) is 0 Å². The van der Waals surface area contributed by atoms with Gasteiger partial charge in [-0.05, 0) is 49.6 Å². The quantitative estimate of drug-likeness (QED) is 0.663.